The number of thiophene rings is 1. The number of anilines is 1. The zero-order valence-electron chi connectivity index (χ0n) is 14.7. The van der Waals surface area contributed by atoms with E-state index in [-0.39, 0.29) is 17.0 Å². The van der Waals surface area contributed by atoms with E-state index in [0.717, 1.165) is 30.4 Å². The van der Waals surface area contributed by atoms with E-state index < -0.39 is 0 Å². The molecule has 1 aromatic heterocycles. The van der Waals surface area contributed by atoms with Crippen LogP contribution in [0.25, 0.3) is 0 Å². The lowest BCUT2D eigenvalue weighted by Gasteiger charge is -2.11. The predicted molar refractivity (Wildman–Crippen MR) is 107 cm³/mol. The number of ether oxygens (including phenoxy) is 1. The standard InChI is InChI=1S/C19H20N2O3S2/c1-3-24-18(23)15-13-9-6-10-14(13)26-17(15)21-19(25)20-16(22)12-8-5-4-7-11(12)2/h4-5,7-8H,3,6,9-10H2,1-2H3,(H2,20,21,22,25). The highest BCUT2D eigenvalue weighted by atomic mass is 32.1. The highest BCUT2D eigenvalue weighted by Crippen LogP contribution is 2.39. The van der Waals surface area contributed by atoms with Gasteiger partial charge >= 0.3 is 5.97 Å². The molecule has 1 aliphatic rings. The van der Waals surface area contributed by atoms with Crippen LogP contribution >= 0.6 is 23.6 Å². The number of fused-ring (bicyclic) bond motifs is 1. The highest BCUT2D eigenvalue weighted by molar-refractivity contribution is 7.80. The first-order valence-electron chi connectivity index (χ1n) is 8.50. The summed E-state index contributed by atoms with van der Waals surface area (Å²) >= 11 is 6.79. The molecule has 136 valence electrons. The fourth-order valence-corrected chi connectivity index (χ4v) is 4.59. The second kappa shape index (κ2) is 7.97. The molecule has 0 saturated carbocycles. The first-order valence-corrected chi connectivity index (χ1v) is 9.73. The van der Waals surface area contributed by atoms with E-state index in [9.17, 15) is 9.59 Å². The minimum atomic E-state index is -0.345. The molecule has 1 heterocycles. The molecule has 1 amide bonds. The summed E-state index contributed by atoms with van der Waals surface area (Å²) in [4.78, 5) is 26.0. The van der Waals surface area contributed by atoms with Crippen molar-refractivity contribution in [2.45, 2.75) is 33.1 Å². The Labute approximate surface area is 161 Å². The molecule has 0 fully saturated rings. The van der Waals surface area contributed by atoms with Crippen LogP contribution in [0, 0.1) is 6.92 Å². The van der Waals surface area contributed by atoms with Gasteiger partial charge in [-0.2, -0.15) is 0 Å². The van der Waals surface area contributed by atoms with Crippen molar-refractivity contribution in [3.05, 3.63) is 51.4 Å². The van der Waals surface area contributed by atoms with Gasteiger partial charge in [0.25, 0.3) is 5.91 Å². The zero-order chi connectivity index (χ0) is 18.7. The predicted octanol–water partition coefficient (Wildman–Crippen LogP) is 3.85. The molecule has 1 aliphatic carbocycles. The van der Waals surface area contributed by atoms with Gasteiger partial charge in [0.1, 0.15) is 5.00 Å². The molecule has 5 nitrogen and oxygen atoms in total. The van der Waals surface area contributed by atoms with Crippen molar-refractivity contribution in [3.63, 3.8) is 0 Å². The second-order valence-corrected chi connectivity index (χ2v) is 7.52. The van der Waals surface area contributed by atoms with E-state index >= 15 is 0 Å². The maximum atomic E-state index is 12.4. The maximum absolute atomic E-state index is 12.4. The summed E-state index contributed by atoms with van der Waals surface area (Å²) in [5, 5.41) is 6.51. The Bertz CT molecular complexity index is 874. The summed E-state index contributed by atoms with van der Waals surface area (Å²) < 4.78 is 5.20. The topological polar surface area (TPSA) is 67.4 Å². The van der Waals surface area contributed by atoms with E-state index in [1.807, 2.05) is 19.1 Å². The Hall–Kier alpha value is -2.25. The molecule has 0 atom stereocenters. The largest absolute Gasteiger partial charge is 0.462 e. The number of carbonyl (C=O) groups is 2. The smallest absolute Gasteiger partial charge is 0.341 e. The molecule has 3 rings (SSSR count). The number of hydrogen-bond donors (Lipinski definition) is 2. The summed E-state index contributed by atoms with van der Waals surface area (Å²) in [5.74, 6) is -0.621. The van der Waals surface area contributed by atoms with Crippen LogP contribution < -0.4 is 10.6 Å². The van der Waals surface area contributed by atoms with Crippen LogP contribution in [0.1, 0.15) is 50.1 Å². The van der Waals surface area contributed by atoms with Crippen LogP contribution in [0.2, 0.25) is 0 Å². The van der Waals surface area contributed by atoms with Gasteiger partial charge in [0.15, 0.2) is 5.11 Å². The number of thiocarbonyl (C=S) groups is 1. The summed E-state index contributed by atoms with van der Waals surface area (Å²) in [6.07, 6.45) is 2.86. The lowest BCUT2D eigenvalue weighted by Crippen LogP contribution is -2.34. The quantitative estimate of drug-likeness (QED) is 0.615. The van der Waals surface area contributed by atoms with Gasteiger partial charge in [-0.25, -0.2) is 4.79 Å². The average molecular weight is 389 g/mol. The van der Waals surface area contributed by atoms with Crippen LogP contribution in [-0.2, 0) is 17.6 Å². The molecule has 26 heavy (non-hydrogen) atoms. The van der Waals surface area contributed by atoms with Crippen molar-refractivity contribution in [2.24, 2.45) is 0 Å². The maximum Gasteiger partial charge on any atom is 0.341 e. The van der Waals surface area contributed by atoms with E-state index in [1.165, 1.54) is 16.2 Å². The van der Waals surface area contributed by atoms with Crippen LogP contribution in [-0.4, -0.2) is 23.6 Å². The Kier molecular flexibility index (Phi) is 5.68. The van der Waals surface area contributed by atoms with Gasteiger partial charge in [-0.1, -0.05) is 18.2 Å². The highest BCUT2D eigenvalue weighted by Gasteiger charge is 2.28. The van der Waals surface area contributed by atoms with Gasteiger partial charge in [-0.05, 0) is 62.5 Å². The van der Waals surface area contributed by atoms with Crippen LogP contribution in [0.5, 0.6) is 0 Å². The molecule has 0 unspecified atom stereocenters. The van der Waals surface area contributed by atoms with Gasteiger partial charge in [0, 0.05) is 10.4 Å². The number of nitrogens with one attached hydrogen (secondary N) is 2. The molecule has 7 heteroatoms. The lowest BCUT2D eigenvalue weighted by molar-refractivity contribution is 0.0527. The Morgan fingerprint density at radius 2 is 2.04 bits per heavy atom. The molecule has 1 aromatic carbocycles. The Balaban J connectivity index is 1.77. The fraction of sp³-hybridized carbons (Fsp3) is 0.316. The summed E-state index contributed by atoms with van der Waals surface area (Å²) in [6.45, 7) is 3.97. The first-order chi connectivity index (χ1) is 12.5. The second-order valence-electron chi connectivity index (χ2n) is 6.01. The molecule has 0 saturated heterocycles. The third-order valence-electron chi connectivity index (χ3n) is 4.24. The van der Waals surface area contributed by atoms with Gasteiger partial charge in [0.05, 0.1) is 12.2 Å². The van der Waals surface area contributed by atoms with Gasteiger partial charge < -0.3 is 10.1 Å². The molecular formula is C19H20N2O3S2. The molecule has 0 radical (unpaired) electrons. The van der Waals surface area contributed by atoms with E-state index in [1.54, 1.807) is 19.1 Å². The summed E-state index contributed by atoms with van der Waals surface area (Å²) in [7, 11) is 0. The van der Waals surface area contributed by atoms with Crippen molar-refractivity contribution in [2.75, 3.05) is 11.9 Å². The first kappa shape index (κ1) is 18.5. The minimum absolute atomic E-state index is 0.170. The number of hydrogen-bond acceptors (Lipinski definition) is 5. The van der Waals surface area contributed by atoms with Crippen molar-refractivity contribution >= 4 is 45.5 Å². The van der Waals surface area contributed by atoms with Crippen molar-refractivity contribution in [1.82, 2.24) is 5.32 Å². The number of esters is 1. The average Bonchev–Trinajstić information content (AvgIpc) is 3.15. The Morgan fingerprint density at radius 3 is 2.77 bits per heavy atom. The van der Waals surface area contributed by atoms with Gasteiger partial charge in [0.2, 0.25) is 0 Å². The van der Waals surface area contributed by atoms with Crippen LogP contribution in [0.3, 0.4) is 0 Å². The fourth-order valence-electron chi connectivity index (χ4n) is 3.04. The molecule has 0 aliphatic heterocycles. The third kappa shape index (κ3) is 3.78. The molecule has 2 N–H and O–H groups in total. The monoisotopic (exact) mass is 388 g/mol. The molecular weight excluding hydrogens is 368 g/mol. The number of amides is 1. The van der Waals surface area contributed by atoms with Gasteiger partial charge in [-0.15, -0.1) is 11.3 Å². The number of aryl methyl sites for hydroxylation is 2. The van der Waals surface area contributed by atoms with Crippen molar-refractivity contribution < 1.29 is 14.3 Å². The van der Waals surface area contributed by atoms with Crippen molar-refractivity contribution in [1.29, 1.82) is 0 Å². The SMILES string of the molecule is CCOC(=O)c1c(NC(=S)NC(=O)c2ccccc2C)sc2c1CCC2. The molecule has 0 bridgehead atoms. The van der Waals surface area contributed by atoms with Gasteiger partial charge in [-0.3, -0.25) is 10.1 Å². The van der Waals surface area contributed by atoms with E-state index in [2.05, 4.69) is 10.6 Å². The van der Waals surface area contributed by atoms with Crippen LogP contribution in [0.4, 0.5) is 5.00 Å². The third-order valence-corrected chi connectivity index (χ3v) is 5.66. The van der Waals surface area contributed by atoms with E-state index in [0.29, 0.717) is 22.7 Å². The Morgan fingerprint density at radius 1 is 1.27 bits per heavy atom. The minimum Gasteiger partial charge on any atom is -0.462 e. The normalized spacial score (nSPS) is 12.4. The summed E-state index contributed by atoms with van der Waals surface area (Å²) in [5.41, 5.74) is 3.03. The van der Waals surface area contributed by atoms with E-state index in [4.69, 9.17) is 17.0 Å². The molecule has 0 spiro atoms. The number of rotatable bonds is 4. The number of benzene rings is 1. The van der Waals surface area contributed by atoms with Crippen LogP contribution in [0.15, 0.2) is 24.3 Å². The number of carbonyl (C=O) groups excluding carboxylic acids is 2. The molecule has 2 aromatic rings. The summed E-state index contributed by atoms with van der Waals surface area (Å²) in [6, 6.07) is 7.30. The zero-order valence-corrected chi connectivity index (χ0v) is 16.3. The lowest BCUT2D eigenvalue weighted by atomic mass is 10.1. The van der Waals surface area contributed by atoms with Crippen molar-refractivity contribution in [3.8, 4) is 0 Å².